The van der Waals surface area contributed by atoms with Crippen molar-refractivity contribution < 1.29 is 42.0 Å². The van der Waals surface area contributed by atoms with E-state index in [0.29, 0.717) is 66.8 Å². The Morgan fingerprint density at radius 1 is 0.925 bits per heavy atom. The quantitative estimate of drug-likeness (QED) is 0.299. The highest BCUT2D eigenvalue weighted by molar-refractivity contribution is 5.71. The number of esters is 1. The molecule has 3 aromatic carbocycles. The van der Waals surface area contributed by atoms with Gasteiger partial charge in [0.1, 0.15) is 41.0 Å². The zero-order chi connectivity index (χ0) is 27.6. The highest BCUT2D eigenvalue weighted by Gasteiger charge is 2.32. The lowest BCUT2D eigenvalue weighted by molar-refractivity contribution is -0.141. The molecule has 1 unspecified atom stereocenters. The minimum absolute atomic E-state index is 0.00314. The third-order valence-corrected chi connectivity index (χ3v) is 7.62. The topological polar surface area (TPSA) is 72.5 Å². The van der Waals surface area contributed by atoms with Crippen molar-refractivity contribution in [3.8, 4) is 28.7 Å². The molecule has 1 saturated heterocycles. The van der Waals surface area contributed by atoms with Crippen molar-refractivity contribution in [3.05, 3.63) is 76.9 Å². The summed E-state index contributed by atoms with van der Waals surface area (Å²) in [5, 5.41) is 0. The molecule has 1 aliphatic carbocycles. The van der Waals surface area contributed by atoms with E-state index in [9.17, 15) is 9.18 Å². The molecule has 9 heteroatoms. The summed E-state index contributed by atoms with van der Waals surface area (Å²) in [6.45, 7) is 1.65. The number of benzene rings is 3. The van der Waals surface area contributed by atoms with Crippen LogP contribution < -0.4 is 18.9 Å². The van der Waals surface area contributed by atoms with Gasteiger partial charge in [-0.15, -0.1) is 0 Å². The lowest BCUT2D eigenvalue weighted by Gasteiger charge is -2.23. The Labute approximate surface area is 230 Å². The molecule has 0 amide bonds. The summed E-state index contributed by atoms with van der Waals surface area (Å²) in [4.78, 5) is 11.7. The summed E-state index contributed by atoms with van der Waals surface area (Å²) in [6.07, 6.45) is 2.27. The highest BCUT2D eigenvalue weighted by Crippen LogP contribution is 2.45. The number of rotatable bonds is 8. The van der Waals surface area contributed by atoms with Gasteiger partial charge in [0.05, 0.1) is 33.4 Å². The predicted octanol–water partition coefficient (Wildman–Crippen LogP) is 6.42. The second-order valence-electron chi connectivity index (χ2n) is 10.2. The average molecular weight is 553 g/mol. The minimum atomic E-state index is -0.545. The van der Waals surface area contributed by atoms with E-state index in [1.165, 1.54) is 31.4 Å². The van der Waals surface area contributed by atoms with Gasteiger partial charge in [0.25, 0.3) is 0 Å². The molecule has 0 bridgehead atoms. The van der Waals surface area contributed by atoms with Gasteiger partial charge in [-0.3, -0.25) is 4.79 Å². The van der Waals surface area contributed by atoms with E-state index in [1.54, 1.807) is 18.2 Å². The fourth-order valence-electron chi connectivity index (χ4n) is 5.54. The lowest BCUT2D eigenvalue weighted by Crippen LogP contribution is -2.25. The van der Waals surface area contributed by atoms with Gasteiger partial charge >= 0.3 is 5.97 Å². The zero-order valence-corrected chi connectivity index (χ0v) is 22.1. The first-order chi connectivity index (χ1) is 19.5. The summed E-state index contributed by atoms with van der Waals surface area (Å²) in [7, 11) is 1.36. The SMILES string of the molecule is COC(=O)CC1COc2cc(O[C@@H]3CCc4c(Oc5cc(OC6CCOCC6)ccc5F)ccc(F)c43)ccc21. The van der Waals surface area contributed by atoms with Crippen LogP contribution in [0.15, 0.2) is 48.5 Å². The Kier molecular flexibility index (Phi) is 7.47. The Hall–Kier alpha value is -3.85. The number of carbonyl (C=O) groups excluding carboxylic acids is 1. The van der Waals surface area contributed by atoms with Crippen LogP contribution in [0.25, 0.3) is 0 Å². The van der Waals surface area contributed by atoms with Gasteiger partial charge in [-0.1, -0.05) is 6.07 Å². The van der Waals surface area contributed by atoms with Crippen molar-refractivity contribution in [2.75, 3.05) is 26.9 Å². The molecule has 6 rings (SSSR count). The number of halogens is 2. The molecule has 0 N–H and O–H groups in total. The van der Waals surface area contributed by atoms with Crippen LogP contribution in [0, 0.1) is 11.6 Å². The monoisotopic (exact) mass is 552 g/mol. The Balaban J connectivity index is 1.19. The van der Waals surface area contributed by atoms with E-state index in [1.807, 2.05) is 6.07 Å². The van der Waals surface area contributed by atoms with Crippen molar-refractivity contribution >= 4 is 5.97 Å². The molecule has 3 aliphatic rings. The van der Waals surface area contributed by atoms with E-state index >= 15 is 4.39 Å². The first-order valence-electron chi connectivity index (χ1n) is 13.5. The standard InChI is InChI=1S/C31H30F2O7/c1-35-30(34)14-18-17-37-28-15-21(2-4-22(18)28)39-27-8-5-23-26(9-7-25(33)31(23)27)40-29-16-20(3-6-24(29)32)38-19-10-12-36-13-11-19/h2-4,6-7,9,15-16,18-19,27H,5,8,10-14,17H2,1H3/t18?,27-/m1/s1. The zero-order valence-electron chi connectivity index (χ0n) is 22.1. The molecule has 2 aliphatic heterocycles. The van der Waals surface area contributed by atoms with Gasteiger partial charge < -0.3 is 28.4 Å². The van der Waals surface area contributed by atoms with Crippen LogP contribution in [-0.4, -0.2) is 39.0 Å². The first kappa shape index (κ1) is 26.4. The van der Waals surface area contributed by atoms with E-state index in [-0.39, 0.29) is 30.2 Å². The van der Waals surface area contributed by atoms with Crippen LogP contribution in [-0.2, 0) is 20.7 Å². The van der Waals surface area contributed by atoms with Gasteiger partial charge in [-0.25, -0.2) is 8.78 Å². The van der Waals surface area contributed by atoms with Crippen LogP contribution >= 0.6 is 0 Å². The highest BCUT2D eigenvalue weighted by atomic mass is 19.1. The number of methoxy groups -OCH3 is 1. The average Bonchev–Trinajstić information content (AvgIpc) is 3.57. The largest absolute Gasteiger partial charge is 0.492 e. The molecular formula is C31H30F2O7. The van der Waals surface area contributed by atoms with Gasteiger partial charge in [0.15, 0.2) is 11.6 Å². The molecule has 1 fully saturated rings. The summed E-state index contributed by atoms with van der Waals surface area (Å²) in [5.74, 6) is 0.761. The number of carbonyl (C=O) groups is 1. The fourth-order valence-corrected chi connectivity index (χ4v) is 5.54. The van der Waals surface area contributed by atoms with Crippen LogP contribution in [0.1, 0.15) is 54.4 Å². The molecular weight excluding hydrogens is 522 g/mol. The Bertz CT molecular complexity index is 1400. The molecule has 7 nitrogen and oxygen atoms in total. The van der Waals surface area contributed by atoms with Crippen molar-refractivity contribution in [2.24, 2.45) is 0 Å². The summed E-state index contributed by atoms with van der Waals surface area (Å²) >= 11 is 0. The Morgan fingerprint density at radius 3 is 2.52 bits per heavy atom. The second kappa shape index (κ2) is 11.3. The molecule has 0 saturated carbocycles. The third kappa shape index (κ3) is 5.43. The number of hydrogen-bond acceptors (Lipinski definition) is 7. The van der Waals surface area contributed by atoms with Crippen molar-refractivity contribution in [2.45, 2.75) is 50.2 Å². The normalized spacial score (nSPS) is 19.9. The van der Waals surface area contributed by atoms with E-state index < -0.39 is 17.7 Å². The molecule has 2 heterocycles. The van der Waals surface area contributed by atoms with Crippen molar-refractivity contribution in [1.82, 2.24) is 0 Å². The maximum Gasteiger partial charge on any atom is 0.306 e. The minimum Gasteiger partial charge on any atom is -0.492 e. The van der Waals surface area contributed by atoms with Crippen LogP contribution in [0.4, 0.5) is 8.78 Å². The Morgan fingerprint density at radius 2 is 1.70 bits per heavy atom. The van der Waals surface area contributed by atoms with Crippen LogP contribution in [0.3, 0.4) is 0 Å². The van der Waals surface area contributed by atoms with Crippen molar-refractivity contribution in [3.63, 3.8) is 0 Å². The van der Waals surface area contributed by atoms with Gasteiger partial charge in [-0.05, 0) is 43.2 Å². The molecule has 3 aromatic rings. The molecule has 2 atom stereocenters. The van der Waals surface area contributed by atoms with Crippen LogP contribution in [0.2, 0.25) is 0 Å². The van der Waals surface area contributed by atoms with E-state index in [0.717, 1.165) is 18.4 Å². The van der Waals surface area contributed by atoms with E-state index in [2.05, 4.69) is 0 Å². The van der Waals surface area contributed by atoms with Gasteiger partial charge in [-0.2, -0.15) is 0 Å². The van der Waals surface area contributed by atoms with Gasteiger partial charge in [0.2, 0.25) is 0 Å². The molecule has 0 spiro atoms. The number of fused-ring (bicyclic) bond motifs is 2. The predicted molar refractivity (Wildman–Crippen MR) is 140 cm³/mol. The second-order valence-corrected chi connectivity index (χ2v) is 10.2. The van der Waals surface area contributed by atoms with Gasteiger partial charge in [0, 0.05) is 47.6 Å². The van der Waals surface area contributed by atoms with E-state index in [4.69, 9.17) is 28.4 Å². The number of ether oxygens (including phenoxy) is 6. The number of hydrogen-bond donors (Lipinski definition) is 0. The summed E-state index contributed by atoms with van der Waals surface area (Å²) in [5.41, 5.74) is 1.96. The summed E-state index contributed by atoms with van der Waals surface area (Å²) in [6, 6.07) is 12.7. The first-order valence-corrected chi connectivity index (χ1v) is 13.5. The maximum atomic E-state index is 15.1. The maximum absolute atomic E-state index is 15.1. The fraction of sp³-hybridized carbons (Fsp3) is 0.387. The molecule has 0 aromatic heterocycles. The van der Waals surface area contributed by atoms with Crippen molar-refractivity contribution in [1.29, 1.82) is 0 Å². The summed E-state index contributed by atoms with van der Waals surface area (Å²) < 4.78 is 63.9. The third-order valence-electron chi connectivity index (χ3n) is 7.62. The molecule has 40 heavy (non-hydrogen) atoms. The molecule has 0 radical (unpaired) electrons. The lowest BCUT2D eigenvalue weighted by atomic mass is 9.98. The smallest absolute Gasteiger partial charge is 0.306 e. The van der Waals surface area contributed by atoms with Crippen LogP contribution in [0.5, 0.6) is 28.7 Å². The molecule has 210 valence electrons.